The standard InChI is InChI=1S/C16H23N3O2/c1-16(2,3)19-14(20)11-6-8-12(9-7-11)18-15(21)13-5-4-10-17-13/h6-9,13,17H,4-5,10H2,1-3H3,(H,18,21)(H,19,20)/t13-/m1/s1. The Balaban J connectivity index is 1.95. The van der Waals surface area contributed by atoms with Gasteiger partial charge in [0.15, 0.2) is 0 Å². The average molecular weight is 289 g/mol. The molecule has 5 nitrogen and oxygen atoms in total. The molecule has 0 aromatic heterocycles. The molecular formula is C16H23N3O2. The summed E-state index contributed by atoms with van der Waals surface area (Å²) in [6.07, 6.45) is 1.90. The van der Waals surface area contributed by atoms with Gasteiger partial charge in [-0.1, -0.05) is 0 Å². The number of benzene rings is 1. The Kier molecular flexibility index (Phi) is 4.63. The molecule has 3 N–H and O–H groups in total. The number of hydrogen-bond acceptors (Lipinski definition) is 3. The molecule has 2 rings (SSSR count). The zero-order valence-electron chi connectivity index (χ0n) is 12.8. The lowest BCUT2D eigenvalue weighted by Gasteiger charge is -2.20. The van der Waals surface area contributed by atoms with Crippen molar-refractivity contribution in [1.82, 2.24) is 10.6 Å². The van der Waals surface area contributed by atoms with Gasteiger partial charge in [0.1, 0.15) is 0 Å². The monoisotopic (exact) mass is 289 g/mol. The summed E-state index contributed by atoms with van der Waals surface area (Å²) in [5.74, 6) is -0.128. The van der Waals surface area contributed by atoms with Gasteiger partial charge in [-0.05, 0) is 64.4 Å². The van der Waals surface area contributed by atoms with Gasteiger partial charge < -0.3 is 16.0 Å². The molecular weight excluding hydrogens is 266 g/mol. The first-order valence-electron chi connectivity index (χ1n) is 7.32. The maximum atomic E-state index is 12.0. The summed E-state index contributed by atoms with van der Waals surface area (Å²) >= 11 is 0. The van der Waals surface area contributed by atoms with E-state index in [0.717, 1.165) is 19.4 Å². The molecule has 0 saturated carbocycles. The Labute approximate surface area is 125 Å². The molecule has 0 bridgehead atoms. The van der Waals surface area contributed by atoms with E-state index in [1.165, 1.54) is 0 Å². The third kappa shape index (κ3) is 4.56. The number of carbonyl (C=O) groups is 2. The van der Waals surface area contributed by atoms with E-state index in [2.05, 4.69) is 16.0 Å². The van der Waals surface area contributed by atoms with Crippen LogP contribution in [0.5, 0.6) is 0 Å². The zero-order valence-corrected chi connectivity index (χ0v) is 12.8. The van der Waals surface area contributed by atoms with Crippen molar-refractivity contribution in [3.63, 3.8) is 0 Å². The molecule has 114 valence electrons. The van der Waals surface area contributed by atoms with E-state index < -0.39 is 0 Å². The largest absolute Gasteiger partial charge is 0.347 e. The van der Waals surface area contributed by atoms with Crippen LogP contribution < -0.4 is 16.0 Å². The summed E-state index contributed by atoms with van der Waals surface area (Å²) in [5, 5.41) is 8.93. The summed E-state index contributed by atoms with van der Waals surface area (Å²) < 4.78 is 0. The highest BCUT2D eigenvalue weighted by Gasteiger charge is 2.22. The summed E-state index contributed by atoms with van der Waals surface area (Å²) in [7, 11) is 0. The third-order valence-electron chi connectivity index (χ3n) is 3.28. The third-order valence-corrected chi connectivity index (χ3v) is 3.28. The number of amides is 2. The molecule has 1 heterocycles. The van der Waals surface area contributed by atoms with Gasteiger partial charge >= 0.3 is 0 Å². The predicted octanol–water partition coefficient (Wildman–Crippen LogP) is 1.91. The highest BCUT2D eigenvalue weighted by atomic mass is 16.2. The number of hydrogen-bond donors (Lipinski definition) is 3. The number of carbonyl (C=O) groups excluding carboxylic acids is 2. The number of nitrogens with one attached hydrogen (secondary N) is 3. The van der Waals surface area contributed by atoms with Crippen LogP contribution >= 0.6 is 0 Å². The van der Waals surface area contributed by atoms with Crippen molar-refractivity contribution in [2.24, 2.45) is 0 Å². The molecule has 21 heavy (non-hydrogen) atoms. The summed E-state index contributed by atoms with van der Waals surface area (Å²) in [6, 6.07) is 6.85. The number of rotatable bonds is 3. The fraction of sp³-hybridized carbons (Fsp3) is 0.500. The van der Waals surface area contributed by atoms with Crippen molar-refractivity contribution in [3.05, 3.63) is 29.8 Å². The molecule has 0 radical (unpaired) electrons. The highest BCUT2D eigenvalue weighted by Crippen LogP contribution is 2.13. The second-order valence-corrected chi connectivity index (χ2v) is 6.42. The van der Waals surface area contributed by atoms with E-state index in [1.54, 1.807) is 24.3 Å². The van der Waals surface area contributed by atoms with Gasteiger partial charge in [-0.15, -0.1) is 0 Å². The van der Waals surface area contributed by atoms with Crippen molar-refractivity contribution >= 4 is 17.5 Å². The predicted molar refractivity (Wildman–Crippen MR) is 83.3 cm³/mol. The topological polar surface area (TPSA) is 70.2 Å². The summed E-state index contributed by atoms with van der Waals surface area (Å²) in [6.45, 7) is 6.71. The number of anilines is 1. The Morgan fingerprint density at radius 1 is 1.19 bits per heavy atom. The van der Waals surface area contributed by atoms with Gasteiger partial charge in [-0.25, -0.2) is 0 Å². The Bertz CT molecular complexity index is 511. The van der Waals surface area contributed by atoms with Gasteiger partial charge in [-0.3, -0.25) is 9.59 Å². The van der Waals surface area contributed by atoms with Crippen molar-refractivity contribution in [1.29, 1.82) is 0 Å². The molecule has 1 aliphatic rings. The lowest BCUT2D eigenvalue weighted by Crippen LogP contribution is -2.40. The molecule has 0 spiro atoms. The molecule has 1 saturated heterocycles. The highest BCUT2D eigenvalue weighted by molar-refractivity contribution is 5.97. The van der Waals surface area contributed by atoms with Crippen molar-refractivity contribution in [3.8, 4) is 0 Å². The molecule has 2 amide bonds. The van der Waals surface area contributed by atoms with Crippen molar-refractivity contribution in [2.45, 2.75) is 45.2 Å². The first kappa shape index (κ1) is 15.5. The Morgan fingerprint density at radius 2 is 1.86 bits per heavy atom. The molecule has 0 aliphatic carbocycles. The molecule has 1 aromatic carbocycles. The van der Waals surface area contributed by atoms with Gasteiger partial charge in [-0.2, -0.15) is 0 Å². The minimum atomic E-state index is -0.266. The molecule has 1 aromatic rings. The Hall–Kier alpha value is -1.88. The van der Waals surface area contributed by atoms with Crippen molar-refractivity contribution in [2.75, 3.05) is 11.9 Å². The fourth-order valence-corrected chi connectivity index (χ4v) is 2.26. The van der Waals surface area contributed by atoms with Crippen LogP contribution in [0.3, 0.4) is 0 Å². The minimum absolute atomic E-state index is 0.0145. The lowest BCUT2D eigenvalue weighted by molar-refractivity contribution is -0.117. The maximum absolute atomic E-state index is 12.0. The first-order chi connectivity index (χ1) is 9.85. The molecule has 1 atom stereocenters. The molecule has 1 fully saturated rings. The van der Waals surface area contributed by atoms with E-state index >= 15 is 0 Å². The van der Waals surface area contributed by atoms with Gasteiger partial charge in [0.2, 0.25) is 5.91 Å². The summed E-state index contributed by atoms with van der Waals surface area (Å²) in [5.41, 5.74) is 1.03. The normalized spacial score (nSPS) is 18.3. The first-order valence-corrected chi connectivity index (χ1v) is 7.32. The van der Waals surface area contributed by atoms with Crippen LogP contribution in [0.4, 0.5) is 5.69 Å². The van der Waals surface area contributed by atoms with Gasteiger partial charge in [0.05, 0.1) is 6.04 Å². The van der Waals surface area contributed by atoms with E-state index in [0.29, 0.717) is 11.3 Å². The van der Waals surface area contributed by atoms with Crippen LogP contribution in [0.2, 0.25) is 0 Å². The van der Waals surface area contributed by atoms with Crippen LogP contribution in [-0.4, -0.2) is 29.9 Å². The van der Waals surface area contributed by atoms with E-state index in [9.17, 15) is 9.59 Å². The fourth-order valence-electron chi connectivity index (χ4n) is 2.26. The smallest absolute Gasteiger partial charge is 0.251 e. The maximum Gasteiger partial charge on any atom is 0.251 e. The lowest BCUT2D eigenvalue weighted by atomic mass is 10.1. The summed E-state index contributed by atoms with van der Waals surface area (Å²) in [4.78, 5) is 24.0. The van der Waals surface area contributed by atoms with E-state index in [-0.39, 0.29) is 23.4 Å². The van der Waals surface area contributed by atoms with E-state index in [4.69, 9.17) is 0 Å². The Morgan fingerprint density at radius 3 is 2.38 bits per heavy atom. The molecule has 5 heteroatoms. The zero-order chi connectivity index (χ0) is 15.5. The average Bonchev–Trinajstić information content (AvgIpc) is 2.91. The van der Waals surface area contributed by atoms with Crippen LogP contribution in [0.1, 0.15) is 44.0 Å². The van der Waals surface area contributed by atoms with Crippen LogP contribution in [-0.2, 0) is 4.79 Å². The van der Waals surface area contributed by atoms with Crippen molar-refractivity contribution < 1.29 is 9.59 Å². The van der Waals surface area contributed by atoms with Crippen LogP contribution in [0, 0.1) is 0 Å². The van der Waals surface area contributed by atoms with E-state index in [1.807, 2.05) is 20.8 Å². The van der Waals surface area contributed by atoms with Crippen LogP contribution in [0.25, 0.3) is 0 Å². The second-order valence-electron chi connectivity index (χ2n) is 6.42. The quantitative estimate of drug-likeness (QED) is 0.796. The minimum Gasteiger partial charge on any atom is -0.347 e. The molecule has 0 unspecified atom stereocenters. The van der Waals surface area contributed by atoms with Gasteiger partial charge in [0.25, 0.3) is 5.91 Å². The van der Waals surface area contributed by atoms with Crippen LogP contribution in [0.15, 0.2) is 24.3 Å². The van der Waals surface area contributed by atoms with Gasteiger partial charge in [0, 0.05) is 16.8 Å². The second kappa shape index (κ2) is 6.26. The molecule has 1 aliphatic heterocycles. The SMILES string of the molecule is CC(C)(C)NC(=O)c1ccc(NC(=O)[C@H]2CCCN2)cc1.